The molecule has 1 N–H and O–H groups in total. The van der Waals surface area contributed by atoms with E-state index in [2.05, 4.69) is 5.32 Å². The topological polar surface area (TPSA) is 49.2 Å². The number of amides is 2. The summed E-state index contributed by atoms with van der Waals surface area (Å²) in [5, 5.41) is 2.55. The van der Waals surface area contributed by atoms with E-state index in [0.717, 1.165) is 13.0 Å². The molecule has 1 saturated heterocycles. The van der Waals surface area contributed by atoms with Crippen LogP contribution in [0, 0.1) is 5.92 Å². The number of rotatable bonds is 5. The van der Waals surface area contributed by atoms with Gasteiger partial charge in [0.1, 0.15) is 0 Å². The predicted molar refractivity (Wildman–Crippen MR) is 49.0 cm³/mol. The zero-order valence-corrected chi connectivity index (χ0v) is 8.12. The molecule has 2 unspecified atom stereocenters. The van der Waals surface area contributed by atoms with Crippen LogP contribution in [0.5, 0.6) is 0 Å². The molecule has 0 spiro atoms. The first kappa shape index (κ1) is 10.0. The Hall–Kier alpha value is -1.06. The highest BCUT2D eigenvalue weighted by Gasteiger charge is 2.35. The summed E-state index contributed by atoms with van der Waals surface area (Å²) in [7, 11) is 0. The first-order valence-corrected chi connectivity index (χ1v) is 4.64. The van der Waals surface area contributed by atoms with Crippen molar-refractivity contribution in [2.45, 2.75) is 26.3 Å². The van der Waals surface area contributed by atoms with E-state index in [4.69, 9.17) is 0 Å². The van der Waals surface area contributed by atoms with Gasteiger partial charge in [-0.15, -0.1) is 0 Å². The van der Waals surface area contributed by atoms with Gasteiger partial charge in [0.2, 0.25) is 12.3 Å². The highest BCUT2D eigenvalue weighted by molar-refractivity contribution is 5.81. The third kappa shape index (κ3) is 2.72. The maximum absolute atomic E-state index is 11.5. The molecule has 0 aromatic rings. The lowest BCUT2D eigenvalue weighted by Gasteiger charge is -2.10. The molecule has 1 aliphatic rings. The van der Waals surface area contributed by atoms with Crippen LogP contribution in [0.15, 0.2) is 0 Å². The standard InChI is InChI=1S/C9H16N2O2/c1-7(3-4-10-6-12)9(13)11-5-8(11)2/h6-8H,3-5H2,1-2H3,(H,10,12). The Morgan fingerprint density at radius 3 is 2.85 bits per heavy atom. The van der Waals surface area contributed by atoms with Gasteiger partial charge in [0, 0.05) is 25.0 Å². The molecule has 4 nitrogen and oxygen atoms in total. The van der Waals surface area contributed by atoms with Crippen molar-refractivity contribution in [3.63, 3.8) is 0 Å². The Kier molecular flexibility index (Phi) is 3.28. The summed E-state index contributed by atoms with van der Waals surface area (Å²) in [5.74, 6) is 0.234. The maximum Gasteiger partial charge on any atom is 0.225 e. The Morgan fingerprint density at radius 2 is 2.38 bits per heavy atom. The fraction of sp³-hybridized carbons (Fsp3) is 0.778. The van der Waals surface area contributed by atoms with Crippen molar-refractivity contribution in [1.82, 2.24) is 10.2 Å². The Labute approximate surface area is 78.3 Å². The molecular weight excluding hydrogens is 168 g/mol. The molecule has 4 heteroatoms. The summed E-state index contributed by atoms with van der Waals surface area (Å²) >= 11 is 0. The van der Waals surface area contributed by atoms with E-state index >= 15 is 0 Å². The molecular formula is C9H16N2O2. The van der Waals surface area contributed by atoms with E-state index in [9.17, 15) is 9.59 Å². The SMILES string of the molecule is CC(CCNC=O)C(=O)N1CC1C. The minimum atomic E-state index is 0.0254. The van der Waals surface area contributed by atoms with Gasteiger partial charge in [-0.1, -0.05) is 6.92 Å². The van der Waals surface area contributed by atoms with Gasteiger partial charge < -0.3 is 10.2 Å². The van der Waals surface area contributed by atoms with Gasteiger partial charge in [0.25, 0.3) is 0 Å². The van der Waals surface area contributed by atoms with Crippen molar-refractivity contribution < 1.29 is 9.59 Å². The van der Waals surface area contributed by atoms with Gasteiger partial charge in [-0.25, -0.2) is 0 Å². The van der Waals surface area contributed by atoms with Crippen LogP contribution in [-0.4, -0.2) is 36.3 Å². The van der Waals surface area contributed by atoms with Gasteiger partial charge in [-0.2, -0.15) is 0 Å². The van der Waals surface area contributed by atoms with E-state index in [1.807, 2.05) is 18.7 Å². The summed E-state index contributed by atoms with van der Waals surface area (Å²) in [6.45, 7) is 5.41. The Bertz CT molecular complexity index is 206. The fourth-order valence-corrected chi connectivity index (χ4v) is 1.31. The monoisotopic (exact) mass is 184 g/mol. The zero-order chi connectivity index (χ0) is 9.84. The Morgan fingerprint density at radius 1 is 1.77 bits per heavy atom. The average molecular weight is 184 g/mol. The zero-order valence-electron chi connectivity index (χ0n) is 8.12. The summed E-state index contributed by atoms with van der Waals surface area (Å²) < 4.78 is 0. The van der Waals surface area contributed by atoms with Crippen LogP contribution in [-0.2, 0) is 9.59 Å². The third-order valence-electron chi connectivity index (χ3n) is 2.37. The number of nitrogens with zero attached hydrogens (tertiary/aromatic N) is 1. The molecule has 0 aromatic heterocycles. The number of carbonyl (C=O) groups is 2. The van der Waals surface area contributed by atoms with Gasteiger partial charge in [-0.05, 0) is 13.3 Å². The summed E-state index contributed by atoms with van der Waals surface area (Å²) in [5.41, 5.74) is 0. The molecule has 1 aliphatic heterocycles. The molecule has 74 valence electrons. The van der Waals surface area contributed by atoms with Crippen LogP contribution in [0.2, 0.25) is 0 Å². The molecule has 1 rings (SSSR count). The van der Waals surface area contributed by atoms with Crippen LogP contribution in [0.1, 0.15) is 20.3 Å². The van der Waals surface area contributed by atoms with Crippen molar-refractivity contribution in [2.75, 3.05) is 13.1 Å². The number of hydrogen-bond acceptors (Lipinski definition) is 2. The lowest BCUT2D eigenvalue weighted by Crippen LogP contribution is -2.25. The largest absolute Gasteiger partial charge is 0.359 e. The first-order valence-electron chi connectivity index (χ1n) is 4.64. The van der Waals surface area contributed by atoms with Crippen molar-refractivity contribution in [3.05, 3.63) is 0 Å². The summed E-state index contributed by atoms with van der Waals surface area (Å²) in [6.07, 6.45) is 1.39. The molecule has 0 aromatic carbocycles. The maximum atomic E-state index is 11.5. The minimum Gasteiger partial charge on any atom is -0.359 e. The van der Waals surface area contributed by atoms with E-state index in [1.54, 1.807) is 0 Å². The van der Waals surface area contributed by atoms with Gasteiger partial charge >= 0.3 is 0 Å². The average Bonchev–Trinajstić information content (AvgIpc) is 2.81. The second kappa shape index (κ2) is 4.25. The number of carbonyl (C=O) groups excluding carboxylic acids is 2. The normalized spacial score (nSPS) is 22.3. The first-order chi connectivity index (χ1) is 6.16. The molecule has 2 amide bonds. The van der Waals surface area contributed by atoms with E-state index in [1.165, 1.54) is 0 Å². The molecule has 1 heterocycles. The van der Waals surface area contributed by atoms with Gasteiger partial charge in [-0.3, -0.25) is 9.59 Å². The van der Waals surface area contributed by atoms with Crippen molar-refractivity contribution in [1.29, 1.82) is 0 Å². The number of hydrogen-bond donors (Lipinski definition) is 1. The molecule has 1 fully saturated rings. The molecule has 13 heavy (non-hydrogen) atoms. The van der Waals surface area contributed by atoms with Crippen molar-refractivity contribution in [3.8, 4) is 0 Å². The van der Waals surface area contributed by atoms with Gasteiger partial charge in [0.05, 0.1) is 0 Å². The Balaban J connectivity index is 2.18. The van der Waals surface area contributed by atoms with Crippen molar-refractivity contribution >= 4 is 12.3 Å². The fourth-order valence-electron chi connectivity index (χ4n) is 1.31. The second-order valence-electron chi connectivity index (χ2n) is 3.60. The van der Waals surface area contributed by atoms with Crippen LogP contribution < -0.4 is 5.32 Å². The smallest absolute Gasteiger partial charge is 0.225 e. The second-order valence-corrected chi connectivity index (χ2v) is 3.60. The quantitative estimate of drug-likeness (QED) is 0.371. The van der Waals surface area contributed by atoms with Crippen LogP contribution >= 0.6 is 0 Å². The molecule has 0 aliphatic carbocycles. The van der Waals surface area contributed by atoms with E-state index in [0.29, 0.717) is 19.0 Å². The van der Waals surface area contributed by atoms with Crippen LogP contribution in [0.25, 0.3) is 0 Å². The summed E-state index contributed by atoms with van der Waals surface area (Å²) in [6, 6.07) is 0.425. The molecule has 0 bridgehead atoms. The highest BCUT2D eigenvalue weighted by atomic mass is 16.2. The lowest BCUT2D eigenvalue weighted by molar-refractivity contribution is -0.130. The predicted octanol–water partition coefficient (Wildman–Crippen LogP) is -0.0107. The lowest BCUT2D eigenvalue weighted by atomic mass is 10.1. The van der Waals surface area contributed by atoms with Crippen LogP contribution in [0.3, 0.4) is 0 Å². The van der Waals surface area contributed by atoms with E-state index in [-0.39, 0.29) is 11.8 Å². The molecule has 0 radical (unpaired) electrons. The number of nitrogens with one attached hydrogen (secondary N) is 1. The highest BCUT2D eigenvalue weighted by Crippen LogP contribution is 2.20. The van der Waals surface area contributed by atoms with Gasteiger partial charge in [0.15, 0.2) is 0 Å². The van der Waals surface area contributed by atoms with Crippen LogP contribution in [0.4, 0.5) is 0 Å². The third-order valence-corrected chi connectivity index (χ3v) is 2.37. The van der Waals surface area contributed by atoms with E-state index < -0.39 is 0 Å². The minimum absolute atomic E-state index is 0.0254. The summed E-state index contributed by atoms with van der Waals surface area (Å²) in [4.78, 5) is 23.3. The molecule has 2 atom stereocenters. The molecule has 0 saturated carbocycles. The van der Waals surface area contributed by atoms with Crippen molar-refractivity contribution in [2.24, 2.45) is 5.92 Å².